The fraction of sp³-hybridized carbons (Fsp3) is 0. The molecule has 6 aromatic carbocycles. The van der Waals surface area contributed by atoms with Crippen LogP contribution in [0.5, 0.6) is 0 Å². The standard InChI is InChI=1S/C36H26FNS/c37-35-25-30(20-21-33(35)27-14-6-2-7-15-27)38(36-19-11-10-18-34(36)28-16-8-3-9-17-28)31-22-29(23-32(39)24-31)26-12-4-1-5-13-26/h1-25,39H. The Hall–Kier alpha value is -4.60. The molecule has 0 saturated heterocycles. The highest BCUT2D eigenvalue weighted by atomic mass is 32.1. The molecule has 1 nitrogen and oxygen atoms in total. The molecule has 39 heavy (non-hydrogen) atoms. The summed E-state index contributed by atoms with van der Waals surface area (Å²) in [5.74, 6) is -0.272. The average Bonchev–Trinajstić information content (AvgIpc) is 2.99. The lowest BCUT2D eigenvalue weighted by Crippen LogP contribution is -2.12. The Kier molecular flexibility index (Phi) is 6.99. The second-order valence-corrected chi connectivity index (χ2v) is 9.87. The van der Waals surface area contributed by atoms with Gasteiger partial charge in [-0.1, -0.05) is 109 Å². The van der Waals surface area contributed by atoms with E-state index in [1.54, 1.807) is 6.07 Å². The quantitative estimate of drug-likeness (QED) is 0.213. The van der Waals surface area contributed by atoms with Gasteiger partial charge in [-0.25, -0.2) is 4.39 Å². The monoisotopic (exact) mass is 523 g/mol. The SMILES string of the molecule is Fc1cc(N(c2cc(S)cc(-c3ccccc3)c2)c2ccccc2-c2ccccc2)ccc1-c1ccccc1. The van der Waals surface area contributed by atoms with E-state index in [1.807, 2.05) is 97.1 Å². The molecule has 0 aliphatic rings. The highest BCUT2D eigenvalue weighted by Gasteiger charge is 2.20. The van der Waals surface area contributed by atoms with Gasteiger partial charge in [0, 0.05) is 27.4 Å². The molecule has 0 aromatic heterocycles. The zero-order valence-corrected chi connectivity index (χ0v) is 22.1. The van der Waals surface area contributed by atoms with Gasteiger partial charge in [0.2, 0.25) is 0 Å². The third kappa shape index (κ3) is 5.22. The molecule has 0 amide bonds. The number of hydrogen-bond acceptors (Lipinski definition) is 2. The Morgan fingerprint density at radius 3 is 1.64 bits per heavy atom. The minimum absolute atomic E-state index is 0.272. The maximum Gasteiger partial charge on any atom is 0.133 e. The van der Waals surface area contributed by atoms with Gasteiger partial charge < -0.3 is 4.90 Å². The molecule has 6 aromatic rings. The third-order valence-electron chi connectivity index (χ3n) is 6.79. The maximum atomic E-state index is 15.7. The first-order valence-electron chi connectivity index (χ1n) is 12.9. The Morgan fingerprint density at radius 1 is 0.436 bits per heavy atom. The molecule has 0 saturated carbocycles. The van der Waals surface area contributed by atoms with Crippen molar-refractivity contribution in [3.63, 3.8) is 0 Å². The number of rotatable bonds is 6. The number of thiol groups is 1. The van der Waals surface area contributed by atoms with E-state index in [2.05, 4.69) is 53.4 Å². The van der Waals surface area contributed by atoms with Crippen molar-refractivity contribution in [3.05, 3.63) is 157 Å². The highest BCUT2D eigenvalue weighted by Crippen LogP contribution is 2.43. The predicted octanol–water partition coefficient (Wildman–Crippen LogP) is 10.6. The first-order valence-corrected chi connectivity index (χ1v) is 13.3. The van der Waals surface area contributed by atoms with E-state index in [0.717, 1.165) is 49.8 Å². The molecule has 6 rings (SSSR count). The summed E-state index contributed by atoms with van der Waals surface area (Å²) in [6, 6.07) is 50.1. The molecule has 0 fully saturated rings. The van der Waals surface area contributed by atoms with E-state index < -0.39 is 0 Å². The van der Waals surface area contributed by atoms with Crippen molar-refractivity contribution >= 4 is 29.7 Å². The lowest BCUT2D eigenvalue weighted by molar-refractivity contribution is 0.631. The topological polar surface area (TPSA) is 3.24 Å². The number of anilines is 3. The summed E-state index contributed by atoms with van der Waals surface area (Å²) in [5, 5.41) is 0. The molecule has 188 valence electrons. The number of hydrogen-bond donors (Lipinski definition) is 1. The summed E-state index contributed by atoms with van der Waals surface area (Å²) in [6.45, 7) is 0. The van der Waals surface area contributed by atoms with Crippen LogP contribution in [0.3, 0.4) is 0 Å². The van der Waals surface area contributed by atoms with Crippen molar-refractivity contribution in [1.29, 1.82) is 0 Å². The van der Waals surface area contributed by atoms with Gasteiger partial charge in [-0.3, -0.25) is 0 Å². The zero-order valence-electron chi connectivity index (χ0n) is 21.2. The van der Waals surface area contributed by atoms with Crippen molar-refractivity contribution in [2.75, 3.05) is 4.90 Å². The lowest BCUT2D eigenvalue weighted by atomic mass is 10.00. The van der Waals surface area contributed by atoms with Crippen LogP contribution >= 0.6 is 12.6 Å². The van der Waals surface area contributed by atoms with Gasteiger partial charge in [-0.05, 0) is 64.7 Å². The molecule has 0 bridgehead atoms. The molecular weight excluding hydrogens is 497 g/mol. The van der Waals surface area contributed by atoms with Crippen molar-refractivity contribution in [3.8, 4) is 33.4 Å². The largest absolute Gasteiger partial charge is 0.310 e. The van der Waals surface area contributed by atoms with Crippen LogP contribution in [-0.2, 0) is 0 Å². The van der Waals surface area contributed by atoms with E-state index >= 15 is 4.39 Å². The molecular formula is C36H26FNS. The fourth-order valence-corrected chi connectivity index (χ4v) is 5.25. The van der Waals surface area contributed by atoms with Crippen molar-refractivity contribution in [2.45, 2.75) is 4.90 Å². The van der Waals surface area contributed by atoms with E-state index in [0.29, 0.717) is 5.56 Å². The van der Waals surface area contributed by atoms with E-state index in [1.165, 1.54) is 0 Å². The summed E-state index contributed by atoms with van der Waals surface area (Å²) in [5.41, 5.74) is 8.28. The first kappa shape index (κ1) is 24.7. The number of halogens is 1. The molecule has 0 aliphatic carbocycles. The van der Waals surface area contributed by atoms with Gasteiger partial charge >= 0.3 is 0 Å². The maximum absolute atomic E-state index is 15.7. The summed E-state index contributed by atoms with van der Waals surface area (Å²) < 4.78 is 15.7. The van der Waals surface area contributed by atoms with Crippen LogP contribution in [0.2, 0.25) is 0 Å². The van der Waals surface area contributed by atoms with Crippen LogP contribution in [0.25, 0.3) is 33.4 Å². The van der Waals surface area contributed by atoms with Crippen molar-refractivity contribution < 1.29 is 4.39 Å². The van der Waals surface area contributed by atoms with Crippen molar-refractivity contribution in [2.24, 2.45) is 0 Å². The van der Waals surface area contributed by atoms with Gasteiger partial charge in [0.15, 0.2) is 0 Å². The molecule has 3 heteroatoms. The van der Waals surface area contributed by atoms with E-state index in [9.17, 15) is 0 Å². The molecule has 0 unspecified atom stereocenters. The molecule has 0 aliphatic heterocycles. The van der Waals surface area contributed by atoms with Crippen molar-refractivity contribution in [1.82, 2.24) is 0 Å². The summed E-state index contributed by atoms with van der Waals surface area (Å²) in [7, 11) is 0. The van der Waals surface area contributed by atoms with Crippen LogP contribution in [0.15, 0.2) is 157 Å². The molecule has 0 atom stereocenters. The number of benzene rings is 6. The average molecular weight is 524 g/mol. The summed E-state index contributed by atoms with van der Waals surface area (Å²) in [6.07, 6.45) is 0. The van der Waals surface area contributed by atoms with Crippen LogP contribution in [0, 0.1) is 5.82 Å². The van der Waals surface area contributed by atoms with E-state index in [-0.39, 0.29) is 5.82 Å². The smallest absolute Gasteiger partial charge is 0.133 e. The normalized spacial score (nSPS) is 10.8. The Morgan fingerprint density at radius 2 is 1.00 bits per heavy atom. The van der Waals surface area contributed by atoms with Crippen LogP contribution in [0.4, 0.5) is 21.5 Å². The molecule has 0 radical (unpaired) electrons. The lowest BCUT2D eigenvalue weighted by Gasteiger charge is -2.29. The van der Waals surface area contributed by atoms with Gasteiger partial charge in [0.05, 0.1) is 5.69 Å². The van der Waals surface area contributed by atoms with E-state index in [4.69, 9.17) is 12.6 Å². The van der Waals surface area contributed by atoms with Gasteiger partial charge in [-0.2, -0.15) is 0 Å². The fourth-order valence-electron chi connectivity index (χ4n) is 4.97. The van der Waals surface area contributed by atoms with Gasteiger partial charge in [0.1, 0.15) is 5.82 Å². The first-order chi connectivity index (χ1) is 19.2. The Labute approximate surface area is 234 Å². The second-order valence-electron chi connectivity index (χ2n) is 9.35. The Bertz CT molecular complexity index is 1720. The second kappa shape index (κ2) is 11.0. The highest BCUT2D eigenvalue weighted by molar-refractivity contribution is 7.80. The molecule has 0 heterocycles. The van der Waals surface area contributed by atoms with Crippen LogP contribution in [0.1, 0.15) is 0 Å². The van der Waals surface area contributed by atoms with Crippen LogP contribution < -0.4 is 4.90 Å². The molecule has 0 spiro atoms. The third-order valence-corrected chi connectivity index (χ3v) is 7.05. The van der Waals surface area contributed by atoms with Crippen LogP contribution in [-0.4, -0.2) is 0 Å². The summed E-state index contributed by atoms with van der Waals surface area (Å²) >= 11 is 4.77. The van der Waals surface area contributed by atoms with Gasteiger partial charge in [0.25, 0.3) is 0 Å². The van der Waals surface area contributed by atoms with Gasteiger partial charge in [-0.15, -0.1) is 12.6 Å². The summed E-state index contributed by atoms with van der Waals surface area (Å²) in [4.78, 5) is 2.95. The molecule has 0 N–H and O–H groups in total. The minimum Gasteiger partial charge on any atom is -0.310 e. The predicted molar refractivity (Wildman–Crippen MR) is 165 cm³/mol. The Balaban J connectivity index is 1.56. The number of para-hydroxylation sites is 1. The zero-order chi connectivity index (χ0) is 26.6. The minimum atomic E-state index is -0.272. The number of nitrogens with zero attached hydrogens (tertiary/aromatic N) is 1.